The molecule has 2 aromatic rings. The van der Waals surface area contributed by atoms with E-state index in [0.717, 1.165) is 12.8 Å². The quantitative estimate of drug-likeness (QED) is 0.791. The summed E-state index contributed by atoms with van der Waals surface area (Å²) >= 11 is 0. The number of amides is 1. The van der Waals surface area contributed by atoms with Gasteiger partial charge in [0.1, 0.15) is 5.76 Å². The zero-order valence-electron chi connectivity index (χ0n) is 13.8. The normalized spacial score (nSPS) is 18.8. The maximum Gasteiger partial charge on any atom is 0.255 e. The van der Waals surface area contributed by atoms with Gasteiger partial charge in [-0.15, -0.1) is 0 Å². The Morgan fingerprint density at radius 3 is 2.60 bits per heavy atom. The molecular weight excluding hydrogens is 322 g/mol. The number of aryl methyl sites for hydroxylation is 1. The number of carbonyl (C=O) groups is 3. The van der Waals surface area contributed by atoms with Crippen molar-refractivity contribution in [2.24, 2.45) is 0 Å². The fourth-order valence-corrected chi connectivity index (χ4v) is 3.43. The topological polar surface area (TPSA) is 85.6 Å². The molecule has 1 aromatic heterocycles. The van der Waals surface area contributed by atoms with Crippen LogP contribution in [0.1, 0.15) is 61.0 Å². The van der Waals surface area contributed by atoms with Gasteiger partial charge >= 0.3 is 0 Å². The molecule has 25 heavy (non-hydrogen) atoms. The number of nitrogens with one attached hydrogen (secondary N) is 1. The van der Waals surface area contributed by atoms with Crippen molar-refractivity contribution >= 4 is 17.5 Å². The van der Waals surface area contributed by atoms with Gasteiger partial charge in [0, 0.05) is 24.3 Å². The van der Waals surface area contributed by atoms with Gasteiger partial charge < -0.3 is 14.5 Å². The molecule has 0 bridgehead atoms. The molecule has 4 rings (SSSR count). The van der Waals surface area contributed by atoms with Crippen LogP contribution in [0.2, 0.25) is 0 Å². The Bertz CT molecular complexity index is 889. The molecule has 0 spiro atoms. The van der Waals surface area contributed by atoms with Crippen LogP contribution in [0.5, 0.6) is 0 Å². The zero-order chi connectivity index (χ0) is 17.6. The molecule has 1 fully saturated rings. The summed E-state index contributed by atoms with van der Waals surface area (Å²) in [4.78, 5) is 38.1. The Morgan fingerprint density at radius 1 is 1.20 bits per heavy atom. The van der Waals surface area contributed by atoms with Gasteiger partial charge in [-0.25, -0.2) is 0 Å². The number of furan rings is 1. The highest BCUT2D eigenvalue weighted by atomic mass is 16.5. The number of hydrogen-bond acceptors (Lipinski definition) is 5. The van der Waals surface area contributed by atoms with Crippen molar-refractivity contribution in [3.63, 3.8) is 0 Å². The SMILES string of the molecule is Cc1oc2c(c1C(=O)NC[C@@H]1CCCO1)C(=O)c1ccccc1C2=O. The lowest BCUT2D eigenvalue weighted by Crippen LogP contribution is -2.33. The first kappa shape index (κ1) is 15.8. The van der Waals surface area contributed by atoms with Gasteiger partial charge in [-0.1, -0.05) is 24.3 Å². The van der Waals surface area contributed by atoms with E-state index in [1.807, 2.05) is 0 Å². The van der Waals surface area contributed by atoms with E-state index in [9.17, 15) is 14.4 Å². The monoisotopic (exact) mass is 339 g/mol. The number of benzene rings is 1. The van der Waals surface area contributed by atoms with Gasteiger partial charge in [-0.05, 0) is 19.8 Å². The van der Waals surface area contributed by atoms with Gasteiger partial charge in [0.15, 0.2) is 11.5 Å². The van der Waals surface area contributed by atoms with E-state index in [4.69, 9.17) is 9.15 Å². The predicted octanol–water partition coefficient (Wildman–Crippen LogP) is 2.27. The average Bonchev–Trinajstić information content (AvgIpc) is 3.25. The van der Waals surface area contributed by atoms with Crippen molar-refractivity contribution in [2.45, 2.75) is 25.9 Å². The highest BCUT2D eigenvalue weighted by Crippen LogP contribution is 2.33. The van der Waals surface area contributed by atoms with Crippen LogP contribution in [-0.2, 0) is 4.74 Å². The molecule has 1 saturated heterocycles. The van der Waals surface area contributed by atoms with Gasteiger partial charge in [0.05, 0.1) is 17.2 Å². The second-order valence-electron chi connectivity index (χ2n) is 6.29. The fourth-order valence-electron chi connectivity index (χ4n) is 3.43. The van der Waals surface area contributed by atoms with Crippen molar-refractivity contribution in [1.29, 1.82) is 0 Å². The molecule has 1 aliphatic carbocycles. The summed E-state index contributed by atoms with van der Waals surface area (Å²) in [6.07, 6.45) is 1.86. The van der Waals surface area contributed by atoms with Gasteiger partial charge in [-0.2, -0.15) is 0 Å². The number of ether oxygens (including phenoxy) is 1. The summed E-state index contributed by atoms with van der Waals surface area (Å²) in [7, 11) is 0. The summed E-state index contributed by atoms with van der Waals surface area (Å²) in [5.74, 6) is -0.929. The van der Waals surface area contributed by atoms with Crippen LogP contribution in [-0.4, -0.2) is 36.7 Å². The van der Waals surface area contributed by atoms with Crippen LogP contribution in [0, 0.1) is 6.92 Å². The van der Waals surface area contributed by atoms with Crippen molar-refractivity contribution < 1.29 is 23.5 Å². The Hall–Kier alpha value is -2.73. The Labute approximate surface area is 144 Å². The van der Waals surface area contributed by atoms with E-state index in [0.29, 0.717) is 24.3 Å². The van der Waals surface area contributed by atoms with Gasteiger partial charge in [0.25, 0.3) is 5.91 Å². The molecule has 6 nitrogen and oxygen atoms in total. The third-order valence-electron chi connectivity index (χ3n) is 4.68. The van der Waals surface area contributed by atoms with E-state index < -0.39 is 5.91 Å². The van der Waals surface area contributed by atoms with Crippen LogP contribution in [0.4, 0.5) is 0 Å². The standard InChI is InChI=1S/C19H17NO5/c1-10-14(19(23)20-9-11-5-4-8-24-11)15-16(21)12-6-2-3-7-13(12)17(22)18(15)25-10/h2-3,6-7,11H,4-5,8-9H2,1H3,(H,20,23)/t11-/m0/s1. The minimum absolute atomic E-state index is 0.00922. The van der Waals surface area contributed by atoms with Crippen molar-refractivity contribution in [2.75, 3.05) is 13.2 Å². The van der Waals surface area contributed by atoms with E-state index in [1.165, 1.54) is 0 Å². The molecule has 128 valence electrons. The van der Waals surface area contributed by atoms with Crippen molar-refractivity contribution in [3.8, 4) is 0 Å². The number of rotatable bonds is 3. The molecule has 2 heterocycles. The smallest absolute Gasteiger partial charge is 0.255 e. The highest BCUT2D eigenvalue weighted by Gasteiger charge is 2.38. The first-order chi connectivity index (χ1) is 12.1. The summed E-state index contributed by atoms with van der Waals surface area (Å²) in [5.41, 5.74) is 0.806. The lowest BCUT2D eigenvalue weighted by Gasteiger charge is -2.14. The third-order valence-corrected chi connectivity index (χ3v) is 4.68. The molecular formula is C19H17NO5. The summed E-state index contributed by atoms with van der Waals surface area (Å²) < 4.78 is 11.0. The lowest BCUT2D eigenvalue weighted by atomic mass is 9.86. The largest absolute Gasteiger partial charge is 0.456 e. The highest BCUT2D eigenvalue weighted by molar-refractivity contribution is 6.30. The first-order valence-electron chi connectivity index (χ1n) is 8.29. The summed E-state index contributed by atoms with van der Waals surface area (Å²) in [6.45, 7) is 2.66. The zero-order valence-corrected chi connectivity index (χ0v) is 13.8. The molecule has 1 amide bonds. The molecule has 0 saturated carbocycles. The summed E-state index contributed by atoms with van der Waals surface area (Å²) in [6, 6.07) is 6.57. The second-order valence-corrected chi connectivity index (χ2v) is 6.29. The van der Waals surface area contributed by atoms with E-state index in [-0.39, 0.29) is 40.3 Å². The van der Waals surface area contributed by atoms with Crippen LogP contribution in [0.25, 0.3) is 0 Å². The molecule has 0 radical (unpaired) electrons. The van der Waals surface area contributed by atoms with E-state index >= 15 is 0 Å². The number of carbonyl (C=O) groups excluding carboxylic acids is 3. The summed E-state index contributed by atoms with van der Waals surface area (Å²) in [5, 5.41) is 2.79. The van der Waals surface area contributed by atoms with Crippen molar-refractivity contribution in [1.82, 2.24) is 5.32 Å². The minimum Gasteiger partial charge on any atom is -0.456 e. The molecule has 1 aliphatic heterocycles. The molecule has 1 aromatic carbocycles. The number of hydrogen-bond donors (Lipinski definition) is 1. The molecule has 1 N–H and O–H groups in total. The third kappa shape index (κ3) is 2.49. The van der Waals surface area contributed by atoms with Gasteiger partial charge in [0.2, 0.25) is 5.78 Å². The lowest BCUT2D eigenvalue weighted by molar-refractivity contribution is 0.0852. The van der Waals surface area contributed by atoms with Crippen molar-refractivity contribution in [3.05, 3.63) is 58.0 Å². The number of fused-ring (bicyclic) bond motifs is 2. The minimum atomic E-state index is -0.418. The van der Waals surface area contributed by atoms with Gasteiger partial charge in [-0.3, -0.25) is 14.4 Å². The maximum absolute atomic E-state index is 12.8. The van der Waals surface area contributed by atoms with Crippen LogP contribution in [0.3, 0.4) is 0 Å². The fraction of sp³-hybridized carbons (Fsp3) is 0.316. The molecule has 0 unspecified atom stereocenters. The van der Waals surface area contributed by atoms with Crippen LogP contribution < -0.4 is 5.32 Å². The van der Waals surface area contributed by atoms with E-state index in [2.05, 4.69) is 5.32 Å². The Balaban J connectivity index is 1.69. The Kier molecular flexibility index (Phi) is 3.77. The molecule has 6 heteroatoms. The Morgan fingerprint density at radius 2 is 1.92 bits per heavy atom. The van der Waals surface area contributed by atoms with Crippen LogP contribution >= 0.6 is 0 Å². The second kappa shape index (κ2) is 5.97. The van der Waals surface area contributed by atoms with E-state index in [1.54, 1.807) is 31.2 Å². The molecule has 1 atom stereocenters. The maximum atomic E-state index is 12.8. The first-order valence-corrected chi connectivity index (χ1v) is 8.29. The molecule has 2 aliphatic rings. The average molecular weight is 339 g/mol. The van der Waals surface area contributed by atoms with Crippen LogP contribution in [0.15, 0.2) is 28.7 Å². The predicted molar refractivity (Wildman–Crippen MR) is 88.1 cm³/mol. The number of ketones is 2.